The fraction of sp³-hybridized carbons (Fsp3) is 0. The van der Waals surface area contributed by atoms with Gasteiger partial charge in [0.2, 0.25) is 0 Å². The van der Waals surface area contributed by atoms with Crippen molar-refractivity contribution in [3.63, 3.8) is 0 Å². The molecule has 3 rings (SSSR count). The van der Waals surface area contributed by atoms with Gasteiger partial charge in [-0.1, -0.05) is 79.9 Å². The second-order valence-electron chi connectivity index (χ2n) is 5.72. The molecule has 3 aromatic rings. The molecule has 3 aromatic carbocycles. The zero-order valence-corrected chi connectivity index (χ0v) is 14.2. The molecule has 0 fully saturated rings. The topological polar surface area (TPSA) is 12.0 Å². The second-order valence-corrected chi connectivity index (χ2v) is 5.72. The Bertz CT molecular complexity index is 832. The van der Waals surface area contributed by atoms with Crippen molar-refractivity contribution in [1.29, 1.82) is 0 Å². The predicted octanol–water partition coefficient (Wildman–Crippen LogP) is 6.69. The van der Waals surface area contributed by atoms with Gasteiger partial charge in [-0.05, 0) is 52.6 Å². The molecule has 0 saturated heterocycles. The Morgan fingerprint density at radius 1 is 0.680 bits per heavy atom. The van der Waals surface area contributed by atoms with Gasteiger partial charge in [0.1, 0.15) is 0 Å². The maximum atomic E-state index is 3.86. The third-order valence-corrected chi connectivity index (χ3v) is 3.95. The van der Waals surface area contributed by atoms with Crippen LogP contribution in [0.1, 0.15) is 0 Å². The summed E-state index contributed by atoms with van der Waals surface area (Å²) < 4.78 is 0. The molecular weight excluding hydrogens is 302 g/mol. The summed E-state index contributed by atoms with van der Waals surface area (Å²) in [6, 6.07) is 27.3. The van der Waals surface area contributed by atoms with Crippen molar-refractivity contribution in [2.75, 3.05) is 5.32 Å². The number of benzene rings is 3. The molecule has 1 nitrogen and oxygen atoms in total. The van der Waals surface area contributed by atoms with Gasteiger partial charge in [0.05, 0.1) is 0 Å². The normalized spacial score (nSPS) is 11.0. The van der Waals surface area contributed by atoms with Crippen molar-refractivity contribution in [2.45, 2.75) is 0 Å². The molecule has 0 saturated carbocycles. The first-order chi connectivity index (χ1) is 12.3. The zero-order chi connectivity index (χ0) is 17.5. The Labute approximate surface area is 149 Å². The highest BCUT2D eigenvalue weighted by Crippen LogP contribution is 2.31. The molecule has 0 aliphatic rings. The number of rotatable bonds is 6. The van der Waals surface area contributed by atoms with E-state index in [-0.39, 0.29) is 0 Å². The summed E-state index contributed by atoms with van der Waals surface area (Å²) in [5.41, 5.74) is 6.66. The predicted molar refractivity (Wildman–Crippen MR) is 109 cm³/mol. The first-order valence-corrected chi connectivity index (χ1v) is 8.28. The number of allylic oxidation sites excluding steroid dienone is 3. The summed E-state index contributed by atoms with van der Waals surface area (Å²) in [4.78, 5) is 0. The van der Waals surface area contributed by atoms with Gasteiger partial charge < -0.3 is 5.32 Å². The molecule has 0 spiro atoms. The standard InChI is InChI=1S/C24H21N/c1-3-11-23(4-2)25-24-17-21(19-12-7-5-8-13-19)16-22(18-24)20-14-9-6-10-15-20/h3-18,25H,1-2H2/b23-11+. The van der Waals surface area contributed by atoms with Crippen LogP contribution in [0.15, 0.2) is 116 Å². The van der Waals surface area contributed by atoms with Crippen molar-refractivity contribution < 1.29 is 0 Å². The Balaban J connectivity index is 2.10. The van der Waals surface area contributed by atoms with Crippen molar-refractivity contribution in [1.82, 2.24) is 0 Å². The summed E-state index contributed by atoms with van der Waals surface area (Å²) in [6.07, 6.45) is 5.45. The molecule has 0 atom stereocenters. The molecule has 1 N–H and O–H groups in total. The van der Waals surface area contributed by atoms with E-state index < -0.39 is 0 Å². The molecule has 0 aliphatic heterocycles. The average Bonchev–Trinajstić information content (AvgIpc) is 2.69. The Morgan fingerprint density at radius 2 is 1.20 bits per heavy atom. The van der Waals surface area contributed by atoms with Crippen LogP contribution in [0, 0.1) is 0 Å². The number of anilines is 1. The van der Waals surface area contributed by atoms with Gasteiger partial charge in [-0.15, -0.1) is 0 Å². The van der Waals surface area contributed by atoms with Crippen LogP contribution in [-0.2, 0) is 0 Å². The lowest BCUT2D eigenvalue weighted by molar-refractivity contribution is 1.47. The van der Waals surface area contributed by atoms with E-state index in [0.717, 1.165) is 11.4 Å². The number of nitrogens with one attached hydrogen (secondary N) is 1. The van der Waals surface area contributed by atoms with Crippen molar-refractivity contribution in [3.8, 4) is 22.3 Å². The minimum atomic E-state index is 0.916. The van der Waals surface area contributed by atoms with E-state index in [0.29, 0.717) is 0 Å². The molecule has 1 heteroatoms. The van der Waals surface area contributed by atoms with Gasteiger partial charge >= 0.3 is 0 Å². The van der Waals surface area contributed by atoms with E-state index in [9.17, 15) is 0 Å². The van der Waals surface area contributed by atoms with Crippen LogP contribution in [0.3, 0.4) is 0 Å². The SMILES string of the molecule is C=C/C=C(\C=C)Nc1cc(-c2ccccc2)cc(-c2ccccc2)c1. The maximum Gasteiger partial charge on any atom is 0.0396 e. The quantitative estimate of drug-likeness (QED) is 0.498. The molecule has 0 amide bonds. The van der Waals surface area contributed by atoms with E-state index in [2.05, 4.69) is 85.2 Å². The molecule has 122 valence electrons. The fourth-order valence-electron chi connectivity index (χ4n) is 2.75. The monoisotopic (exact) mass is 323 g/mol. The van der Waals surface area contributed by atoms with Crippen LogP contribution in [0.4, 0.5) is 5.69 Å². The van der Waals surface area contributed by atoms with Crippen LogP contribution >= 0.6 is 0 Å². The molecule has 0 aromatic heterocycles. The molecule has 0 bridgehead atoms. The number of hydrogen-bond donors (Lipinski definition) is 1. The van der Waals surface area contributed by atoms with Crippen molar-refractivity contribution in [3.05, 3.63) is 116 Å². The van der Waals surface area contributed by atoms with Crippen molar-refractivity contribution in [2.24, 2.45) is 0 Å². The molecule has 0 aliphatic carbocycles. The first kappa shape index (κ1) is 16.5. The molecular formula is C24H21N. The van der Waals surface area contributed by atoms with Crippen LogP contribution < -0.4 is 5.32 Å². The minimum Gasteiger partial charge on any atom is -0.356 e. The highest BCUT2D eigenvalue weighted by Gasteiger charge is 2.06. The smallest absolute Gasteiger partial charge is 0.0396 e. The largest absolute Gasteiger partial charge is 0.356 e. The first-order valence-electron chi connectivity index (χ1n) is 8.28. The fourth-order valence-corrected chi connectivity index (χ4v) is 2.75. The van der Waals surface area contributed by atoms with Crippen LogP contribution in [-0.4, -0.2) is 0 Å². The molecule has 0 radical (unpaired) electrons. The summed E-state index contributed by atoms with van der Waals surface area (Å²) >= 11 is 0. The lowest BCUT2D eigenvalue weighted by atomic mass is 9.98. The molecule has 0 unspecified atom stereocenters. The highest BCUT2D eigenvalue weighted by atomic mass is 14.9. The van der Waals surface area contributed by atoms with Crippen LogP contribution in [0.5, 0.6) is 0 Å². The van der Waals surface area contributed by atoms with Gasteiger partial charge in [0.25, 0.3) is 0 Å². The summed E-state index contributed by atoms with van der Waals surface area (Å²) in [5.74, 6) is 0. The number of hydrogen-bond acceptors (Lipinski definition) is 1. The second kappa shape index (κ2) is 7.98. The Kier molecular flexibility index (Phi) is 5.28. The van der Waals surface area contributed by atoms with E-state index in [1.807, 2.05) is 18.2 Å². The van der Waals surface area contributed by atoms with Gasteiger partial charge in [-0.2, -0.15) is 0 Å². The van der Waals surface area contributed by atoms with E-state index >= 15 is 0 Å². The van der Waals surface area contributed by atoms with Gasteiger partial charge in [0.15, 0.2) is 0 Å². The summed E-state index contributed by atoms with van der Waals surface area (Å²) in [6.45, 7) is 7.61. The maximum absolute atomic E-state index is 3.86. The van der Waals surface area contributed by atoms with E-state index in [1.165, 1.54) is 22.3 Å². The van der Waals surface area contributed by atoms with Crippen LogP contribution in [0.25, 0.3) is 22.3 Å². The highest BCUT2D eigenvalue weighted by molar-refractivity contribution is 5.78. The van der Waals surface area contributed by atoms with E-state index in [1.54, 1.807) is 12.2 Å². The third-order valence-electron chi connectivity index (χ3n) is 3.95. The summed E-state index contributed by atoms with van der Waals surface area (Å²) in [5, 5.41) is 3.42. The average molecular weight is 323 g/mol. The van der Waals surface area contributed by atoms with Gasteiger partial charge in [0, 0.05) is 11.4 Å². The van der Waals surface area contributed by atoms with E-state index in [4.69, 9.17) is 0 Å². The lowest BCUT2D eigenvalue weighted by Gasteiger charge is -2.13. The van der Waals surface area contributed by atoms with Gasteiger partial charge in [-0.3, -0.25) is 0 Å². The van der Waals surface area contributed by atoms with Crippen molar-refractivity contribution >= 4 is 5.69 Å². The minimum absolute atomic E-state index is 0.916. The lowest BCUT2D eigenvalue weighted by Crippen LogP contribution is -1.97. The Hall–Kier alpha value is -3.32. The summed E-state index contributed by atoms with van der Waals surface area (Å²) in [7, 11) is 0. The third kappa shape index (κ3) is 4.15. The zero-order valence-electron chi connectivity index (χ0n) is 14.2. The Morgan fingerprint density at radius 3 is 1.64 bits per heavy atom. The van der Waals surface area contributed by atoms with Crippen LogP contribution in [0.2, 0.25) is 0 Å². The molecule has 0 heterocycles. The molecule has 25 heavy (non-hydrogen) atoms. The van der Waals surface area contributed by atoms with Gasteiger partial charge in [-0.25, -0.2) is 0 Å².